The van der Waals surface area contributed by atoms with Gasteiger partial charge in [0.25, 0.3) is 0 Å². The normalized spacial score (nSPS) is 19.9. The number of aromatic nitrogens is 1. The molecule has 0 N–H and O–H groups in total. The molecule has 1 aromatic heterocycles. The summed E-state index contributed by atoms with van der Waals surface area (Å²) in [5.41, 5.74) is 3.26. The van der Waals surface area contributed by atoms with Gasteiger partial charge in [0.15, 0.2) is 0 Å². The van der Waals surface area contributed by atoms with E-state index < -0.39 is 0 Å². The highest BCUT2D eigenvalue weighted by atomic mass is 15.2. The minimum absolute atomic E-state index is 0.502. The molecule has 0 atom stereocenters. The molecule has 1 saturated heterocycles. The summed E-state index contributed by atoms with van der Waals surface area (Å²) in [6.45, 7) is 2.25. The fraction of sp³-hybridized carbons (Fsp3) is 0.647. The van der Waals surface area contributed by atoms with Gasteiger partial charge in [-0.2, -0.15) is 5.26 Å². The molecule has 4 heteroatoms. The minimum Gasteiger partial charge on any atom is -0.355 e. The van der Waals surface area contributed by atoms with Crippen molar-refractivity contribution in [2.45, 2.75) is 44.6 Å². The number of likely N-dealkylation sites (tertiary alicyclic amines) is 1. The molecular formula is C17H24N4. The van der Waals surface area contributed by atoms with Gasteiger partial charge in [-0.05, 0) is 70.3 Å². The standard InChI is InChI=1S/C17H24N4/c1-20-9-7-15(8-10-20)21(2)17-14(12-18)11-13-5-3-4-6-16(13)19-17/h11,15H,3-10H2,1-2H3. The molecule has 1 aliphatic carbocycles. The van der Waals surface area contributed by atoms with Crippen LogP contribution in [0.5, 0.6) is 0 Å². The summed E-state index contributed by atoms with van der Waals surface area (Å²) >= 11 is 0. The average molecular weight is 284 g/mol. The van der Waals surface area contributed by atoms with Crippen molar-refractivity contribution in [1.82, 2.24) is 9.88 Å². The van der Waals surface area contributed by atoms with Gasteiger partial charge in [-0.1, -0.05) is 0 Å². The van der Waals surface area contributed by atoms with Crippen LogP contribution >= 0.6 is 0 Å². The Bertz CT molecular complexity index is 553. The number of pyridine rings is 1. The van der Waals surface area contributed by atoms with E-state index in [1.807, 2.05) is 0 Å². The number of anilines is 1. The average Bonchev–Trinajstić information content (AvgIpc) is 2.53. The van der Waals surface area contributed by atoms with Crippen molar-refractivity contribution in [3.8, 4) is 6.07 Å². The lowest BCUT2D eigenvalue weighted by Gasteiger charge is -2.36. The van der Waals surface area contributed by atoms with E-state index in [1.54, 1.807) is 0 Å². The number of fused-ring (bicyclic) bond motifs is 1. The van der Waals surface area contributed by atoms with E-state index in [1.165, 1.54) is 24.1 Å². The maximum absolute atomic E-state index is 9.48. The molecule has 0 spiro atoms. The van der Waals surface area contributed by atoms with Crippen molar-refractivity contribution < 1.29 is 0 Å². The number of hydrogen-bond acceptors (Lipinski definition) is 4. The first-order valence-corrected chi connectivity index (χ1v) is 8.03. The summed E-state index contributed by atoms with van der Waals surface area (Å²) in [6, 6.07) is 4.95. The van der Waals surface area contributed by atoms with Crippen LogP contribution in [0.4, 0.5) is 5.82 Å². The van der Waals surface area contributed by atoms with Crippen LogP contribution in [0.15, 0.2) is 6.07 Å². The van der Waals surface area contributed by atoms with E-state index >= 15 is 0 Å². The van der Waals surface area contributed by atoms with Gasteiger partial charge in [-0.25, -0.2) is 4.98 Å². The summed E-state index contributed by atoms with van der Waals surface area (Å²) in [5, 5.41) is 9.48. The number of hydrogen-bond donors (Lipinski definition) is 0. The Hall–Kier alpha value is -1.60. The Morgan fingerprint density at radius 1 is 1.29 bits per heavy atom. The maximum atomic E-state index is 9.48. The lowest BCUT2D eigenvalue weighted by atomic mass is 9.94. The van der Waals surface area contributed by atoms with E-state index in [2.05, 4.69) is 36.0 Å². The zero-order valence-corrected chi connectivity index (χ0v) is 13.1. The molecular weight excluding hydrogens is 260 g/mol. The topological polar surface area (TPSA) is 43.2 Å². The molecule has 112 valence electrons. The zero-order chi connectivity index (χ0) is 14.8. The van der Waals surface area contributed by atoms with Gasteiger partial charge < -0.3 is 9.80 Å². The SMILES string of the molecule is CN1CCC(N(C)c2nc3c(cc2C#N)CCCC3)CC1. The van der Waals surface area contributed by atoms with Gasteiger partial charge >= 0.3 is 0 Å². The van der Waals surface area contributed by atoms with Crippen LogP contribution in [0.3, 0.4) is 0 Å². The van der Waals surface area contributed by atoms with Crippen LogP contribution in [0.2, 0.25) is 0 Å². The molecule has 0 bridgehead atoms. The monoisotopic (exact) mass is 284 g/mol. The first kappa shape index (κ1) is 14.3. The second-order valence-corrected chi connectivity index (χ2v) is 6.43. The van der Waals surface area contributed by atoms with Crippen LogP contribution in [-0.4, -0.2) is 43.1 Å². The third-order valence-corrected chi connectivity index (χ3v) is 4.97. The van der Waals surface area contributed by atoms with Crippen molar-refractivity contribution in [1.29, 1.82) is 5.26 Å². The molecule has 2 aliphatic rings. The van der Waals surface area contributed by atoms with Crippen LogP contribution in [0, 0.1) is 11.3 Å². The van der Waals surface area contributed by atoms with Crippen LogP contribution in [0.25, 0.3) is 0 Å². The smallest absolute Gasteiger partial charge is 0.146 e. The highest BCUT2D eigenvalue weighted by Crippen LogP contribution is 2.28. The highest BCUT2D eigenvalue weighted by molar-refractivity contribution is 5.56. The predicted octanol–water partition coefficient (Wildman–Crippen LogP) is 2.36. The second kappa shape index (κ2) is 6.03. The third kappa shape index (κ3) is 2.89. The molecule has 0 radical (unpaired) electrons. The second-order valence-electron chi connectivity index (χ2n) is 6.43. The van der Waals surface area contributed by atoms with Gasteiger partial charge in [0.05, 0.1) is 5.56 Å². The van der Waals surface area contributed by atoms with Gasteiger partial charge in [-0.15, -0.1) is 0 Å². The van der Waals surface area contributed by atoms with E-state index in [4.69, 9.17) is 4.98 Å². The quantitative estimate of drug-likeness (QED) is 0.836. The van der Waals surface area contributed by atoms with Crippen molar-refractivity contribution >= 4 is 5.82 Å². The van der Waals surface area contributed by atoms with Crippen molar-refractivity contribution in [3.05, 3.63) is 22.9 Å². The number of nitriles is 1. The Kier molecular flexibility index (Phi) is 4.12. The van der Waals surface area contributed by atoms with Crippen LogP contribution < -0.4 is 4.90 Å². The zero-order valence-electron chi connectivity index (χ0n) is 13.1. The Morgan fingerprint density at radius 2 is 2.00 bits per heavy atom. The number of rotatable bonds is 2. The minimum atomic E-state index is 0.502. The number of aryl methyl sites for hydroxylation is 2. The van der Waals surface area contributed by atoms with E-state index in [-0.39, 0.29) is 0 Å². The third-order valence-electron chi connectivity index (χ3n) is 4.97. The molecule has 4 nitrogen and oxygen atoms in total. The van der Waals surface area contributed by atoms with Crippen LogP contribution in [-0.2, 0) is 12.8 Å². The molecule has 21 heavy (non-hydrogen) atoms. The Morgan fingerprint density at radius 3 is 2.71 bits per heavy atom. The predicted molar refractivity (Wildman–Crippen MR) is 84.5 cm³/mol. The molecule has 3 rings (SSSR count). The van der Waals surface area contributed by atoms with Crippen LogP contribution in [0.1, 0.15) is 42.5 Å². The maximum Gasteiger partial charge on any atom is 0.146 e. The molecule has 0 saturated carbocycles. The summed E-state index contributed by atoms with van der Waals surface area (Å²) in [4.78, 5) is 9.49. The summed E-state index contributed by atoms with van der Waals surface area (Å²) in [6.07, 6.45) is 6.89. The van der Waals surface area contributed by atoms with Gasteiger partial charge in [-0.3, -0.25) is 0 Å². The van der Waals surface area contributed by atoms with Gasteiger partial charge in [0.2, 0.25) is 0 Å². The van der Waals surface area contributed by atoms with Gasteiger partial charge in [0.1, 0.15) is 11.9 Å². The first-order valence-electron chi connectivity index (χ1n) is 8.03. The lowest BCUT2D eigenvalue weighted by molar-refractivity contribution is 0.252. The van der Waals surface area contributed by atoms with Gasteiger partial charge in [0, 0.05) is 18.8 Å². The Balaban J connectivity index is 1.88. The molecule has 1 aliphatic heterocycles. The summed E-state index contributed by atoms with van der Waals surface area (Å²) in [7, 11) is 4.28. The highest BCUT2D eigenvalue weighted by Gasteiger charge is 2.24. The first-order chi connectivity index (χ1) is 10.2. The van der Waals surface area contributed by atoms with E-state index in [9.17, 15) is 5.26 Å². The fourth-order valence-electron chi connectivity index (χ4n) is 3.53. The fourth-order valence-corrected chi connectivity index (χ4v) is 3.53. The molecule has 0 amide bonds. The number of nitrogens with zero attached hydrogens (tertiary/aromatic N) is 4. The number of piperidine rings is 1. The molecule has 0 aromatic carbocycles. The molecule has 0 unspecified atom stereocenters. The lowest BCUT2D eigenvalue weighted by Crippen LogP contribution is -2.42. The van der Waals surface area contributed by atoms with E-state index in [0.717, 1.165) is 50.2 Å². The van der Waals surface area contributed by atoms with Crippen molar-refractivity contribution in [3.63, 3.8) is 0 Å². The molecule has 1 fully saturated rings. The van der Waals surface area contributed by atoms with Crippen molar-refractivity contribution in [2.75, 3.05) is 32.1 Å². The van der Waals surface area contributed by atoms with Crippen molar-refractivity contribution in [2.24, 2.45) is 0 Å². The largest absolute Gasteiger partial charge is 0.355 e. The Labute approximate surface area is 127 Å². The van der Waals surface area contributed by atoms with E-state index in [0.29, 0.717) is 6.04 Å². The summed E-state index contributed by atoms with van der Waals surface area (Å²) < 4.78 is 0. The summed E-state index contributed by atoms with van der Waals surface area (Å²) in [5.74, 6) is 0.896. The molecule has 2 heterocycles. The molecule has 1 aromatic rings.